The number of amides is 1. The molecule has 1 amide bonds. The van der Waals surface area contributed by atoms with E-state index in [1.54, 1.807) is 0 Å². The highest BCUT2D eigenvalue weighted by atomic mass is 16.2. The summed E-state index contributed by atoms with van der Waals surface area (Å²) in [6.07, 6.45) is 1.14. The van der Waals surface area contributed by atoms with Crippen molar-refractivity contribution >= 4 is 5.91 Å². The molecular weight excluding hydrogens is 214 g/mol. The summed E-state index contributed by atoms with van der Waals surface area (Å²) in [5.74, 6) is 0.469. The zero-order chi connectivity index (χ0) is 12.4. The molecule has 0 radical (unpaired) electrons. The molecule has 0 aromatic heterocycles. The van der Waals surface area contributed by atoms with Gasteiger partial charge in [-0.25, -0.2) is 0 Å². The van der Waals surface area contributed by atoms with Gasteiger partial charge in [0.15, 0.2) is 0 Å². The Balaban J connectivity index is 1.99. The second-order valence-corrected chi connectivity index (χ2v) is 5.67. The summed E-state index contributed by atoms with van der Waals surface area (Å²) < 4.78 is 0. The van der Waals surface area contributed by atoms with Crippen LogP contribution in [0, 0.1) is 5.92 Å². The Kier molecular flexibility index (Phi) is 4.05. The molecule has 2 saturated heterocycles. The highest BCUT2D eigenvalue weighted by Gasteiger charge is 2.34. The molecule has 0 aliphatic carbocycles. The maximum absolute atomic E-state index is 12.3. The topological polar surface area (TPSA) is 35.6 Å². The van der Waals surface area contributed by atoms with Crippen LogP contribution >= 0.6 is 0 Å². The quantitative estimate of drug-likeness (QED) is 0.764. The molecule has 2 heterocycles. The van der Waals surface area contributed by atoms with Crippen LogP contribution in [0.4, 0.5) is 0 Å². The molecule has 2 atom stereocenters. The molecule has 0 aromatic carbocycles. The summed E-state index contributed by atoms with van der Waals surface area (Å²) in [4.78, 5) is 16.9. The second-order valence-electron chi connectivity index (χ2n) is 5.67. The summed E-state index contributed by atoms with van der Waals surface area (Å²) >= 11 is 0. The molecule has 4 nitrogen and oxygen atoms in total. The van der Waals surface area contributed by atoms with Gasteiger partial charge in [-0.2, -0.15) is 0 Å². The van der Waals surface area contributed by atoms with Gasteiger partial charge < -0.3 is 10.2 Å². The zero-order valence-electron chi connectivity index (χ0n) is 11.3. The molecule has 0 spiro atoms. The second kappa shape index (κ2) is 5.36. The van der Waals surface area contributed by atoms with Gasteiger partial charge in [-0.05, 0) is 20.3 Å². The Morgan fingerprint density at radius 3 is 2.76 bits per heavy atom. The van der Waals surface area contributed by atoms with Crippen LogP contribution < -0.4 is 5.32 Å². The minimum absolute atomic E-state index is 0.130. The number of carbonyl (C=O) groups excluding carboxylic acids is 1. The van der Waals surface area contributed by atoms with E-state index in [4.69, 9.17) is 0 Å². The Hall–Kier alpha value is -0.610. The first-order valence-electron chi connectivity index (χ1n) is 6.85. The van der Waals surface area contributed by atoms with Crippen molar-refractivity contribution in [2.75, 3.05) is 32.7 Å². The lowest BCUT2D eigenvalue weighted by molar-refractivity contribution is -0.136. The van der Waals surface area contributed by atoms with Gasteiger partial charge in [0.1, 0.15) is 0 Å². The van der Waals surface area contributed by atoms with Crippen LogP contribution in [0.15, 0.2) is 0 Å². The smallest absolute Gasteiger partial charge is 0.227 e. The molecule has 2 aliphatic rings. The van der Waals surface area contributed by atoms with E-state index in [9.17, 15) is 4.79 Å². The fourth-order valence-electron chi connectivity index (χ4n) is 2.85. The van der Waals surface area contributed by atoms with Crippen LogP contribution in [0.3, 0.4) is 0 Å². The Morgan fingerprint density at radius 2 is 2.12 bits per heavy atom. The monoisotopic (exact) mass is 239 g/mol. The van der Waals surface area contributed by atoms with Gasteiger partial charge in [-0.15, -0.1) is 0 Å². The molecule has 2 aliphatic heterocycles. The van der Waals surface area contributed by atoms with E-state index < -0.39 is 0 Å². The van der Waals surface area contributed by atoms with Crippen LogP contribution in [0.5, 0.6) is 0 Å². The van der Waals surface area contributed by atoms with E-state index in [1.807, 2.05) is 6.92 Å². The maximum Gasteiger partial charge on any atom is 0.227 e. The van der Waals surface area contributed by atoms with Gasteiger partial charge in [-0.1, -0.05) is 6.92 Å². The predicted octanol–water partition coefficient (Wildman–Crippen LogP) is 0.537. The number of nitrogens with one attached hydrogen (secondary N) is 1. The summed E-state index contributed by atoms with van der Waals surface area (Å²) in [6, 6.07) is 1.03. The maximum atomic E-state index is 12.3. The van der Waals surface area contributed by atoms with Gasteiger partial charge in [0.2, 0.25) is 5.91 Å². The third-order valence-electron chi connectivity index (χ3n) is 4.05. The SMILES string of the molecule is CC1CNCCN(C2CCN(C(C)C)C2)C1=O. The van der Waals surface area contributed by atoms with E-state index in [-0.39, 0.29) is 5.92 Å². The lowest BCUT2D eigenvalue weighted by atomic mass is 10.1. The average molecular weight is 239 g/mol. The first-order valence-corrected chi connectivity index (χ1v) is 6.85. The standard InChI is InChI=1S/C13H25N3O/c1-10(2)15-6-4-12(9-15)16-7-5-14-8-11(3)13(16)17/h10-12,14H,4-9H2,1-3H3. The van der Waals surface area contributed by atoms with E-state index in [1.165, 1.54) is 0 Å². The van der Waals surface area contributed by atoms with Gasteiger partial charge in [-0.3, -0.25) is 9.69 Å². The molecule has 4 heteroatoms. The number of hydrogen-bond donors (Lipinski definition) is 1. The molecule has 0 saturated carbocycles. The molecule has 17 heavy (non-hydrogen) atoms. The van der Waals surface area contributed by atoms with Crippen molar-refractivity contribution in [3.05, 3.63) is 0 Å². The minimum atomic E-state index is 0.130. The van der Waals surface area contributed by atoms with Crippen molar-refractivity contribution in [3.63, 3.8) is 0 Å². The molecule has 0 aromatic rings. The van der Waals surface area contributed by atoms with E-state index in [0.29, 0.717) is 18.0 Å². The van der Waals surface area contributed by atoms with Crippen molar-refractivity contribution < 1.29 is 4.79 Å². The normalized spacial score (nSPS) is 32.2. The van der Waals surface area contributed by atoms with Crippen molar-refractivity contribution in [1.82, 2.24) is 15.1 Å². The van der Waals surface area contributed by atoms with Crippen LogP contribution in [0.1, 0.15) is 27.2 Å². The molecule has 98 valence electrons. The van der Waals surface area contributed by atoms with Crippen LogP contribution in [0.2, 0.25) is 0 Å². The van der Waals surface area contributed by atoms with Crippen molar-refractivity contribution in [1.29, 1.82) is 0 Å². The third-order valence-corrected chi connectivity index (χ3v) is 4.05. The van der Waals surface area contributed by atoms with Crippen LogP contribution in [-0.2, 0) is 4.79 Å². The van der Waals surface area contributed by atoms with Gasteiger partial charge in [0, 0.05) is 50.7 Å². The first kappa shape index (κ1) is 12.8. The minimum Gasteiger partial charge on any atom is -0.337 e. The molecule has 0 bridgehead atoms. The fraction of sp³-hybridized carbons (Fsp3) is 0.923. The summed E-state index contributed by atoms with van der Waals surface area (Å²) in [5.41, 5.74) is 0. The summed E-state index contributed by atoms with van der Waals surface area (Å²) in [5, 5.41) is 3.34. The Morgan fingerprint density at radius 1 is 1.35 bits per heavy atom. The first-order chi connectivity index (χ1) is 8.09. The van der Waals surface area contributed by atoms with Gasteiger partial charge in [0.05, 0.1) is 0 Å². The van der Waals surface area contributed by atoms with Crippen LogP contribution in [-0.4, -0.2) is 60.5 Å². The van der Waals surface area contributed by atoms with Gasteiger partial charge >= 0.3 is 0 Å². The van der Waals surface area contributed by atoms with E-state index in [2.05, 4.69) is 29.0 Å². The Bertz CT molecular complexity index is 280. The third kappa shape index (κ3) is 2.80. The van der Waals surface area contributed by atoms with Crippen molar-refractivity contribution in [3.8, 4) is 0 Å². The summed E-state index contributed by atoms with van der Waals surface area (Å²) in [6.45, 7) is 11.3. The number of likely N-dealkylation sites (tertiary alicyclic amines) is 1. The number of nitrogens with zero attached hydrogens (tertiary/aromatic N) is 2. The van der Waals surface area contributed by atoms with Crippen LogP contribution in [0.25, 0.3) is 0 Å². The lowest BCUT2D eigenvalue weighted by Crippen LogP contribution is -2.45. The Labute approximate surface area is 104 Å². The van der Waals surface area contributed by atoms with Gasteiger partial charge in [0.25, 0.3) is 0 Å². The molecule has 1 N–H and O–H groups in total. The van der Waals surface area contributed by atoms with E-state index in [0.717, 1.165) is 39.1 Å². The number of rotatable bonds is 2. The predicted molar refractivity (Wildman–Crippen MR) is 68.9 cm³/mol. The average Bonchev–Trinajstić information content (AvgIpc) is 2.71. The number of hydrogen-bond acceptors (Lipinski definition) is 3. The zero-order valence-corrected chi connectivity index (χ0v) is 11.3. The van der Waals surface area contributed by atoms with Crippen molar-refractivity contribution in [2.24, 2.45) is 5.92 Å². The summed E-state index contributed by atoms with van der Waals surface area (Å²) in [7, 11) is 0. The molecule has 2 unspecified atom stereocenters. The van der Waals surface area contributed by atoms with E-state index >= 15 is 0 Å². The number of carbonyl (C=O) groups is 1. The molecule has 2 rings (SSSR count). The largest absolute Gasteiger partial charge is 0.337 e. The lowest BCUT2D eigenvalue weighted by Gasteiger charge is -2.29. The fourth-order valence-corrected chi connectivity index (χ4v) is 2.85. The van der Waals surface area contributed by atoms with Crippen molar-refractivity contribution in [2.45, 2.75) is 39.3 Å². The highest BCUT2D eigenvalue weighted by molar-refractivity contribution is 5.79. The molecule has 2 fully saturated rings. The molecular formula is C13H25N3O. The highest BCUT2D eigenvalue weighted by Crippen LogP contribution is 2.20.